The van der Waals surface area contributed by atoms with Crippen LogP contribution in [0.5, 0.6) is 0 Å². The number of primary amides is 1. The van der Waals surface area contributed by atoms with Crippen LogP contribution < -0.4 is 11.1 Å². The van der Waals surface area contributed by atoms with Crippen LogP contribution in [0.15, 0.2) is 59.8 Å². The summed E-state index contributed by atoms with van der Waals surface area (Å²) >= 11 is 1.43. The maximum absolute atomic E-state index is 10.9. The maximum atomic E-state index is 10.9. The molecule has 0 atom stereocenters. The first-order valence-corrected chi connectivity index (χ1v) is 7.87. The smallest absolute Gasteiger partial charge is 0.227 e. The van der Waals surface area contributed by atoms with Crippen molar-refractivity contribution < 1.29 is 4.79 Å². The van der Waals surface area contributed by atoms with Gasteiger partial charge in [0.1, 0.15) is 5.65 Å². The van der Waals surface area contributed by atoms with E-state index in [4.69, 9.17) is 5.73 Å². The van der Waals surface area contributed by atoms with Gasteiger partial charge in [-0.05, 0) is 24.3 Å². The molecule has 2 heterocycles. The quantitative estimate of drug-likeness (QED) is 0.686. The fraction of sp³-hybridized carbons (Fsp3) is 0.125. The van der Waals surface area contributed by atoms with Crippen LogP contribution in [0.3, 0.4) is 0 Å². The minimum absolute atomic E-state index is 0.271. The van der Waals surface area contributed by atoms with Crippen LogP contribution in [0.2, 0.25) is 0 Å². The van der Waals surface area contributed by atoms with Crippen molar-refractivity contribution in [2.24, 2.45) is 5.73 Å². The molecule has 5 nitrogen and oxygen atoms in total. The van der Waals surface area contributed by atoms with Gasteiger partial charge in [-0.2, -0.15) is 0 Å². The van der Waals surface area contributed by atoms with Crippen molar-refractivity contribution in [3.8, 4) is 0 Å². The topological polar surface area (TPSA) is 72.4 Å². The minimum atomic E-state index is -0.319. The molecular weight excluding hydrogens is 296 g/mol. The Labute approximate surface area is 132 Å². The summed E-state index contributed by atoms with van der Waals surface area (Å²) in [6, 6.07) is 13.8. The lowest BCUT2D eigenvalue weighted by molar-refractivity contribution is -0.115. The molecule has 0 saturated heterocycles. The van der Waals surface area contributed by atoms with Crippen LogP contribution in [0.25, 0.3) is 5.65 Å². The number of carbonyl (C=O) groups is 1. The number of para-hydroxylation sites is 1. The van der Waals surface area contributed by atoms with Gasteiger partial charge in [0.05, 0.1) is 18.0 Å². The zero-order valence-corrected chi connectivity index (χ0v) is 12.7. The van der Waals surface area contributed by atoms with Crippen molar-refractivity contribution in [2.75, 3.05) is 11.1 Å². The van der Waals surface area contributed by atoms with Gasteiger partial charge in [-0.15, -0.1) is 11.8 Å². The van der Waals surface area contributed by atoms with Gasteiger partial charge in [0, 0.05) is 23.0 Å². The molecule has 6 heteroatoms. The zero-order valence-electron chi connectivity index (χ0n) is 11.9. The zero-order chi connectivity index (χ0) is 15.4. The SMILES string of the molecule is NC(=O)CSc1ccccc1NCc1cn2ccccc2n1. The van der Waals surface area contributed by atoms with E-state index in [2.05, 4.69) is 10.3 Å². The second-order valence-electron chi connectivity index (χ2n) is 4.80. The van der Waals surface area contributed by atoms with E-state index in [9.17, 15) is 4.79 Å². The summed E-state index contributed by atoms with van der Waals surface area (Å²) in [7, 11) is 0. The first kappa shape index (κ1) is 14.5. The van der Waals surface area contributed by atoms with Crippen LogP contribution in [0.1, 0.15) is 5.69 Å². The highest BCUT2D eigenvalue weighted by atomic mass is 32.2. The van der Waals surface area contributed by atoms with Crippen molar-refractivity contribution in [1.29, 1.82) is 0 Å². The lowest BCUT2D eigenvalue weighted by Gasteiger charge is -2.09. The number of aromatic nitrogens is 2. The molecule has 0 radical (unpaired) electrons. The van der Waals surface area contributed by atoms with Gasteiger partial charge in [-0.3, -0.25) is 4.79 Å². The summed E-state index contributed by atoms with van der Waals surface area (Å²) in [5.41, 5.74) is 8.07. The van der Waals surface area contributed by atoms with Gasteiger partial charge >= 0.3 is 0 Å². The minimum Gasteiger partial charge on any atom is -0.378 e. The molecule has 3 rings (SSSR count). The van der Waals surface area contributed by atoms with Crippen molar-refractivity contribution in [3.63, 3.8) is 0 Å². The second-order valence-corrected chi connectivity index (χ2v) is 5.82. The molecular formula is C16H16N4OS. The molecule has 3 aromatic rings. The largest absolute Gasteiger partial charge is 0.378 e. The normalized spacial score (nSPS) is 10.7. The fourth-order valence-electron chi connectivity index (χ4n) is 2.15. The summed E-state index contributed by atoms with van der Waals surface area (Å²) in [4.78, 5) is 16.5. The summed E-state index contributed by atoms with van der Waals surface area (Å²) in [6.07, 6.45) is 3.98. The number of hydrogen-bond donors (Lipinski definition) is 2. The monoisotopic (exact) mass is 312 g/mol. The van der Waals surface area contributed by atoms with Gasteiger partial charge in [-0.1, -0.05) is 18.2 Å². The van der Waals surface area contributed by atoms with Crippen molar-refractivity contribution >= 4 is 29.0 Å². The van der Waals surface area contributed by atoms with Crippen LogP contribution in [0.4, 0.5) is 5.69 Å². The predicted molar refractivity (Wildman–Crippen MR) is 88.9 cm³/mol. The highest BCUT2D eigenvalue weighted by Crippen LogP contribution is 2.27. The highest BCUT2D eigenvalue weighted by Gasteiger charge is 2.06. The molecule has 0 unspecified atom stereocenters. The number of thioether (sulfide) groups is 1. The summed E-state index contributed by atoms with van der Waals surface area (Å²) in [5, 5.41) is 3.37. The van der Waals surface area contributed by atoms with Crippen LogP contribution >= 0.6 is 11.8 Å². The molecule has 22 heavy (non-hydrogen) atoms. The molecule has 3 N–H and O–H groups in total. The number of imidazole rings is 1. The summed E-state index contributed by atoms with van der Waals surface area (Å²) in [6.45, 7) is 0.621. The number of pyridine rings is 1. The van der Waals surface area contributed by atoms with Gasteiger partial charge in [0.25, 0.3) is 0 Å². The second kappa shape index (κ2) is 6.53. The van der Waals surface area contributed by atoms with Crippen molar-refractivity contribution in [2.45, 2.75) is 11.4 Å². The third-order valence-electron chi connectivity index (χ3n) is 3.13. The van der Waals surface area contributed by atoms with E-state index in [1.165, 1.54) is 11.8 Å². The van der Waals surface area contributed by atoms with Crippen molar-refractivity contribution in [3.05, 3.63) is 60.6 Å². The number of fused-ring (bicyclic) bond motifs is 1. The average molecular weight is 312 g/mol. The molecule has 2 aromatic heterocycles. The number of benzene rings is 1. The number of anilines is 1. The molecule has 0 aliphatic rings. The Morgan fingerprint density at radius 3 is 2.86 bits per heavy atom. The third kappa shape index (κ3) is 3.40. The van der Waals surface area contributed by atoms with Crippen molar-refractivity contribution in [1.82, 2.24) is 9.38 Å². The lowest BCUT2D eigenvalue weighted by atomic mass is 10.3. The molecule has 1 amide bonds. The molecule has 0 spiro atoms. The number of carbonyl (C=O) groups excluding carboxylic acids is 1. The van der Waals surface area contributed by atoms with Gasteiger partial charge in [0.15, 0.2) is 0 Å². The van der Waals surface area contributed by atoms with E-state index < -0.39 is 0 Å². The Morgan fingerprint density at radius 2 is 2.05 bits per heavy atom. The predicted octanol–water partition coefficient (Wildman–Crippen LogP) is 2.52. The van der Waals surface area contributed by atoms with E-state index in [0.717, 1.165) is 21.9 Å². The average Bonchev–Trinajstić information content (AvgIpc) is 2.94. The van der Waals surface area contributed by atoms with E-state index in [1.807, 2.05) is 59.3 Å². The lowest BCUT2D eigenvalue weighted by Crippen LogP contribution is -2.13. The molecule has 112 valence electrons. The first-order valence-electron chi connectivity index (χ1n) is 6.89. The fourth-order valence-corrected chi connectivity index (χ4v) is 2.91. The van der Waals surface area contributed by atoms with Gasteiger partial charge in [0.2, 0.25) is 5.91 Å². The van der Waals surface area contributed by atoms with Gasteiger partial charge in [-0.25, -0.2) is 4.98 Å². The maximum Gasteiger partial charge on any atom is 0.227 e. The van der Waals surface area contributed by atoms with Gasteiger partial charge < -0.3 is 15.5 Å². The Kier molecular flexibility index (Phi) is 4.29. The molecule has 0 saturated carbocycles. The number of nitrogens with one attached hydrogen (secondary N) is 1. The third-order valence-corrected chi connectivity index (χ3v) is 4.23. The van der Waals surface area contributed by atoms with Crippen LogP contribution in [-0.2, 0) is 11.3 Å². The Bertz CT molecular complexity index is 766. The van der Waals surface area contributed by atoms with E-state index in [-0.39, 0.29) is 11.7 Å². The number of nitrogens with zero attached hydrogens (tertiary/aromatic N) is 2. The number of rotatable bonds is 6. The van der Waals surface area contributed by atoms with Crippen LogP contribution in [-0.4, -0.2) is 21.0 Å². The highest BCUT2D eigenvalue weighted by molar-refractivity contribution is 8.00. The van der Waals surface area contributed by atoms with E-state index in [0.29, 0.717) is 6.54 Å². The number of hydrogen-bond acceptors (Lipinski definition) is 4. The molecule has 1 aromatic carbocycles. The molecule has 0 aliphatic heterocycles. The molecule has 0 bridgehead atoms. The van der Waals surface area contributed by atoms with E-state index in [1.54, 1.807) is 0 Å². The number of amides is 1. The van der Waals surface area contributed by atoms with E-state index >= 15 is 0 Å². The Hall–Kier alpha value is -2.47. The Morgan fingerprint density at radius 1 is 1.23 bits per heavy atom. The standard InChI is InChI=1S/C16H16N4OS/c17-15(21)11-22-14-6-2-1-5-13(14)18-9-12-10-20-8-4-3-7-16(20)19-12/h1-8,10,18H,9,11H2,(H2,17,21). The molecule has 0 aliphatic carbocycles. The summed E-state index contributed by atoms with van der Waals surface area (Å²) in [5.74, 6) is -0.0484. The number of nitrogens with two attached hydrogens (primary N) is 1. The molecule has 0 fully saturated rings. The summed E-state index contributed by atoms with van der Waals surface area (Å²) < 4.78 is 1.99. The first-order chi connectivity index (χ1) is 10.7. The Balaban J connectivity index is 1.71. The van der Waals surface area contributed by atoms with Crippen LogP contribution in [0, 0.1) is 0 Å².